The molecule has 0 amide bonds. The normalized spacial score (nSPS) is 17.7. The van der Waals surface area contributed by atoms with Crippen molar-refractivity contribution >= 4 is 17.2 Å². The zero-order valence-electron chi connectivity index (χ0n) is 12.7. The van der Waals surface area contributed by atoms with Crippen molar-refractivity contribution in [2.24, 2.45) is 0 Å². The van der Waals surface area contributed by atoms with Crippen molar-refractivity contribution in [3.63, 3.8) is 0 Å². The Morgan fingerprint density at radius 2 is 1.68 bits per heavy atom. The first-order chi connectivity index (χ1) is 10.8. The molecule has 2 heteroatoms. The van der Waals surface area contributed by atoms with Gasteiger partial charge >= 0.3 is 0 Å². The first-order valence-corrected chi connectivity index (χ1v) is 8.66. The van der Waals surface area contributed by atoms with Crippen LogP contribution < -0.4 is 0 Å². The molecule has 0 N–H and O–H groups in total. The van der Waals surface area contributed by atoms with Crippen molar-refractivity contribution in [3.8, 4) is 0 Å². The number of allylic oxidation sites excluding steroid dienone is 1. The third-order valence-corrected chi connectivity index (χ3v) is 5.17. The van der Waals surface area contributed by atoms with Gasteiger partial charge in [0.15, 0.2) is 0 Å². The van der Waals surface area contributed by atoms with Gasteiger partial charge in [0.1, 0.15) is 0 Å². The summed E-state index contributed by atoms with van der Waals surface area (Å²) < 4.78 is 0. The van der Waals surface area contributed by atoms with E-state index < -0.39 is 0 Å². The minimum atomic E-state index is 0.839. The number of hydrogen-bond acceptors (Lipinski definition) is 1. The number of fused-ring (bicyclic) bond motifs is 2. The van der Waals surface area contributed by atoms with Crippen molar-refractivity contribution in [1.29, 1.82) is 0 Å². The van der Waals surface area contributed by atoms with Gasteiger partial charge in [-0.05, 0) is 73.4 Å². The van der Waals surface area contributed by atoms with Crippen LogP contribution in [0.4, 0.5) is 0 Å². The summed E-state index contributed by atoms with van der Waals surface area (Å²) in [5, 5.41) is 0.839. The SMILES string of the molecule is Clc1ccc2c(c1)CCc1cccnc1C2=C1CCCCC1. The van der Waals surface area contributed by atoms with Gasteiger partial charge in [-0.25, -0.2) is 0 Å². The van der Waals surface area contributed by atoms with E-state index in [1.54, 1.807) is 5.57 Å². The zero-order valence-corrected chi connectivity index (χ0v) is 13.5. The van der Waals surface area contributed by atoms with E-state index in [1.807, 2.05) is 12.3 Å². The van der Waals surface area contributed by atoms with E-state index in [2.05, 4.69) is 24.3 Å². The van der Waals surface area contributed by atoms with Crippen LogP contribution in [0.1, 0.15) is 54.5 Å². The number of rotatable bonds is 0. The average molecular weight is 310 g/mol. The number of nitrogens with zero attached hydrogens (tertiary/aromatic N) is 1. The number of hydrogen-bond donors (Lipinski definition) is 0. The van der Waals surface area contributed by atoms with Gasteiger partial charge in [0.25, 0.3) is 0 Å². The molecular weight excluding hydrogens is 290 g/mol. The quantitative estimate of drug-likeness (QED) is 0.617. The summed E-state index contributed by atoms with van der Waals surface area (Å²) in [5.74, 6) is 0. The second-order valence-corrected chi connectivity index (χ2v) is 6.79. The molecule has 1 heterocycles. The molecule has 0 bridgehead atoms. The van der Waals surface area contributed by atoms with E-state index in [0.717, 1.165) is 17.9 Å². The minimum absolute atomic E-state index is 0.839. The van der Waals surface area contributed by atoms with Crippen LogP contribution in [0.25, 0.3) is 5.57 Å². The Morgan fingerprint density at radius 3 is 2.55 bits per heavy atom. The maximum absolute atomic E-state index is 6.24. The maximum atomic E-state index is 6.24. The Labute approximate surface area is 137 Å². The van der Waals surface area contributed by atoms with Crippen molar-refractivity contribution in [2.45, 2.75) is 44.9 Å². The summed E-state index contributed by atoms with van der Waals surface area (Å²) in [6, 6.07) is 10.7. The largest absolute Gasteiger partial charge is 0.256 e. The smallest absolute Gasteiger partial charge is 0.0739 e. The number of halogens is 1. The van der Waals surface area contributed by atoms with E-state index in [1.165, 1.54) is 60.1 Å². The summed E-state index contributed by atoms with van der Waals surface area (Å²) >= 11 is 6.24. The van der Waals surface area contributed by atoms with Crippen LogP contribution in [0, 0.1) is 0 Å². The number of benzene rings is 1. The zero-order chi connectivity index (χ0) is 14.9. The lowest BCUT2D eigenvalue weighted by Crippen LogP contribution is -2.03. The maximum Gasteiger partial charge on any atom is 0.0739 e. The van der Waals surface area contributed by atoms with Crippen molar-refractivity contribution in [1.82, 2.24) is 4.98 Å². The molecule has 0 unspecified atom stereocenters. The monoisotopic (exact) mass is 309 g/mol. The molecule has 2 aliphatic rings. The van der Waals surface area contributed by atoms with Crippen LogP contribution in [-0.2, 0) is 12.8 Å². The van der Waals surface area contributed by atoms with Crippen molar-refractivity contribution < 1.29 is 0 Å². The molecule has 1 nitrogen and oxygen atoms in total. The lowest BCUT2D eigenvalue weighted by molar-refractivity contribution is 0.600. The van der Waals surface area contributed by atoms with Crippen LogP contribution in [-0.4, -0.2) is 4.98 Å². The Hall–Kier alpha value is -1.60. The summed E-state index contributed by atoms with van der Waals surface area (Å²) in [6.45, 7) is 0. The standard InChI is InChI=1S/C20H20ClN/c21-17-10-11-18-16(13-17)9-8-15-7-4-12-22-20(15)19(18)14-5-2-1-3-6-14/h4,7,10-13H,1-3,5-6,8-9H2. The Kier molecular flexibility index (Phi) is 3.75. The minimum Gasteiger partial charge on any atom is -0.256 e. The molecule has 112 valence electrons. The lowest BCUT2D eigenvalue weighted by Gasteiger charge is -2.21. The van der Waals surface area contributed by atoms with Crippen LogP contribution >= 0.6 is 11.6 Å². The van der Waals surface area contributed by atoms with E-state index in [-0.39, 0.29) is 0 Å². The third-order valence-electron chi connectivity index (χ3n) is 4.94. The average Bonchev–Trinajstić information content (AvgIpc) is 2.72. The van der Waals surface area contributed by atoms with E-state index in [4.69, 9.17) is 16.6 Å². The van der Waals surface area contributed by atoms with E-state index in [0.29, 0.717) is 0 Å². The van der Waals surface area contributed by atoms with Gasteiger partial charge in [0.05, 0.1) is 5.69 Å². The van der Waals surface area contributed by atoms with Gasteiger partial charge in [0, 0.05) is 16.8 Å². The molecule has 0 aliphatic heterocycles. The number of aryl methyl sites for hydroxylation is 2. The summed E-state index contributed by atoms with van der Waals surface area (Å²) in [6.07, 6.45) is 10.4. The van der Waals surface area contributed by atoms with Gasteiger partial charge in [-0.2, -0.15) is 0 Å². The van der Waals surface area contributed by atoms with Gasteiger partial charge in [-0.3, -0.25) is 4.98 Å². The van der Waals surface area contributed by atoms with Gasteiger partial charge in [-0.1, -0.05) is 35.7 Å². The molecule has 4 rings (SSSR count). The first kappa shape index (κ1) is 14.0. The summed E-state index contributed by atoms with van der Waals surface area (Å²) in [4.78, 5) is 4.77. The molecule has 0 saturated heterocycles. The fourth-order valence-corrected chi connectivity index (χ4v) is 4.06. The number of aromatic nitrogens is 1. The Bertz CT molecular complexity index is 737. The highest BCUT2D eigenvalue weighted by atomic mass is 35.5. The second kappa shape index (κ2) is 5.89. The van der Waals surface area contributed by atoms with Gasteiger partial charge < -0.3 is 0 Å². The Morgan fingerprint density at radius 1 is 0.864 bits per heavy atom. The molecule has 0 spiro atoms. The fraction of sp³-hybridized carbons (Fsp3) is 0.350. The molecule has 2 aliphatic carbocycles. The molecule has 0 atom stereocenters. The molecule has 0 radical (unpaired) electrons. The highest BCUT2D eigenvalue weighted by Gasteiger charge is 2.23. The van der Waals surface area contributed by atoms with Crippen molar-refractivity contribution in [2.75, 3.05) is 0 Å². The molecule has 1 saturated carbocycles. The lowest BCUT2D eigenvalue weighted by atomic mass is 9.85. The molecular formula is C20H20ClN. The van der Waals surface area contributed by atoms with Crippen molar-refractivity contribution in [3.05, 3.63) is 69.5 Å². The van der Waals surface area contributed by atoms with Gasteiger partial charge in [-0.15, -0.1) is 0 Å². The van der Waals surface area contributed by atoms with Crippen LogP contribution in [0.5, 0.6) is 0 Å². The summed E-state index contributed by atoms with van der Waals surface area (Å²) in [5.41, 5.74) is 8.32. The number of pyridine rings is 1. The van der Waals surface area contributed by atoms with Crippen LogP contribution in [0.2, 0.25) is 5.02 Å². The molecule has 22 heavy (non-hydrogen) atoms. The highest BCUT2D eigenvalue weighted by molar-refractivity contribution is 6.30. The molecule has 1 aromatic heterocycles. The highest BCUT2D eigenvalue weighted by Crippen LogP contribution is 2.39. The molecule has 1 fully saturated rings. The molecule has 1 aromatic carbocycles. The Balaban J connectivity index is 1.98. The predicted octanol–water partition coefficient (Wildman–Crippen LogP) is 5.60. The van der Waals surface area contributed by atoms with Crippen LogP contribution in [0.15, 0.2) is 42.1 Å². The fourth-order valence-electron chi connectivity index (χ4n) is 3.86. The van der Waals surface area contributed by atoms with Gasteiger partial charge in [0.2, 0.25) is 0 Å². The second-order valence-electron chi connectivity index (χ2n) is 6.35. The van der Waals surface area contributed by atoms with E-state index in [9.17, 15) is 0 Å². The summed E-state index contributed by atoms with van der Waals surface area (Å²) in [7, 11) is 0. The first-order valence-electron chi connectivity index (χ1n) is 8.28. The van der Waals surface area contributed by atoms with E-state index >= 15 is 0 Å². The molecule has 2 aromatic rings. The predicted molar refractivity (Wildman–Crippen MR) is 92.2 cm³/mol. The topological polar surface area (TPSA) is 12.9 Å². The third kappa shape index (κ3) is 2.48. The van der Waals surface area contributed by atoms with Crippen LogP contribution in [0.3, 0.4) is 0 Å².